The van der Waals surface area contributed by atoms with Crippen LogP contribution in [0.3, 0.4) is 0 Å². The summed E-state index contributed by atoms with van der Waals surface area (Å²) >= 11 is 0. The molecule has 1 saturated heterocycles. The van der Waals surface area contributed by atoms with Crippen LogP contribution in [0.5, 0.6) is 0 Å². The van der Waals surface area contributed by atoms with Crippen LogP contribution in [0.25, 0.3) is 0 Å². The van der Waals surface area contributed by atoms with Crippen molar-refractivity contribution < 1.29 is 0 Å². The maximum Gasteiger partial charge on any atom is 0.0340 e. The van der Waals surface area contributed by atoms with Crippen molar-refractivity contribution in [2.45, 2.75) is 32.7 Å². The van der Waals surface area contributed by atoms with Crippen molar-refractivity contribution in [1.29, 1.82) is 0 Å². The van der Waals surface area contributed by atoms with E-state index in [-0.39, 0.29) is 0 Å². The molecule has 2 atom stereocenters. The van der Waals surface area contributed by atoms with Crippen molar-refractivity contribution >= 4 is 5.69 Å². The van der Waals surface area contributed by atoms with Gasteiger partial charge in [-0.3, -0.25) is 0 Å². The highest BCUT2D eigenvalue weighted by molar-refractivity contribution is 5.42. The van der Waals surface area contributed by atoms with Crippen molar-refractivity contribution in [3.05, 3.63) is 30.3 Å². The van der Waals surface area contributed by atoms with E-state index in [1.807, 2.05) is 0 Å². The van der Waals surface area contributed by atoms with E-state index in [9.17, 15) is 0 Å². The van der Waals surface area contributed by atoms with Gasteiger partial charge in [-0.1, -0.05) is 25.1 Å². The fourth-order valence-electron chi connectivity index (χ4n) is 2.77. The average molecular weight is 232 g/mol. The fourth-order valence-corrected chi connectivity index (χ4v) is 2.77. The van der Waals surface area contributed by atoms with Crippen LogP contribution in [0.15, 0.2) is 30.3 Å². The molecule has 1 N–H and O–H groups in total. The molecule has 0 aliphatic carbocycles. The van der Waals surface area contributed by atoms with E-state index in [1.165, 1.54) is 31.6 Å². The SMILES string of the molecule is CC1CC(C)N(CCCNc2ccccc2)C1. The number of likely N-dealkylation sites (tertiary alicyclic amines) is 1. The quantitative estimate of drug-likeness (QED) is 0.784. The summed E-state index contributed by atoms with van der Waals surface area (Å²) < 4.78 is 0. The van der Waals surface area contributed by atoms with E-state index in [1.54, 1.807) is 0 Å². The van der Waals surface area contributed by atoms with Gasteiger partial charge in [0.25, 0.3) is 0 Å². The molecular weight excluding hydrogens is 208 g/mol. The molecule has 0 radical (unpaired) electrons. The normalized spacial score (nSPS) is 25.1. The van der Waals surface area contributed by atoms with Gasteiger partial charge in [0.15, 0.2) is 0 Å². The summed E-state index contributed by atoms with van der Waals surface area (Å²) in [6.45, 7) is 8.30. The lowest BCUT2D eigenvalue weighted by atomic mass is 10.1. The third kappa shape index (κ3) is 3.74. The van der Waals surface area contributed by atoms with Gasteiger partial charge in [0.1, 0.15) is 0 Å². The molecule has 1 fully saturated rings. The predicted octanol–water partition coefficient (Wildman–Crippen LogP) is 3.22. The van der Waals surface area contributed by atoms with Gasteiger partial charge in [-0.25, -0.2) is 0 Å². The Morgan fingerprint density at radius 2 is 2.00 bits per heavy atom. The lowest BCUT2D eigenvalue weighted by Crippen LogP contribution is -2.29. The first-order valence-electron chi connectivity index (χ1n) is 6.78. The van der Waals surface area contributed by atoms with Gasteiger partial charge < -0.3 is 10.2 Å². The third-order valence-electron chi connectivity index (χ3n) is 3.64. The summed E-state index contributed by atoms with van der Waals surface area (Å²) in [5.74, 6) is 0.882. The van der Waals surface area contributed by atoms with Gasteiger partial charge in [-0.2, -0.15) is 0 Å². The van der Waals surface area contributed by atoms with Crippen LogP contribution in [0.2, 0.25) is 0 Å². The van der Waals surface area contributed by atoms with Crippen LogP contribution in [0.4, 0.5) is 5.69 Å². The van der Waals surface area contributed by atoms with Gasteiger partial charge in [0.05, 0.1) is 0 Å². The second kappa shape index (κ2) is 6.06. The Hall–Kier alpha value is -1.02. The molecule has 0 saturated carbocycles. The standard InChI is InChI=1S/C15H24N2/c1-13-11-14(2)17(12-13)10-6-9-16-15-7-4-3-5-8-15/h3-5,7-8,13-14,16H,6,9-12H2,1-2H3. The number of para-hydroxylation sites is 1. The Morgan fingerprint density at radius 1 is 1.24 bits per heavy atom. The molecule has 94 valence electrons. The topological polar surface area (TPSA) is 15.3 Å². The number of benzene rings is 1. The number of anilines is 1. The second-order valence-electron chi connectivity index (χ2n) is 5.33. The molecule has 0 aromatic heterocycles. The molecule has 2 unspecified atom stereocenters. The minimum Gasteiger partial charge on any atom is -0.385 e. The van der Waals surface area contributed by atoms with Crippen molar-refractivity contribution in [3.8, 4) is 0 Å². The van der Waals surface area contributed by atoms with Crippen molar-refractivity contribution in [2.75, 3.05) is 25.0 Å². The summed E-state index contributed by atoms with van der Waals surface area (Å²) in [5, 5.41) is 3.47. The highest BCUT2D eigenvalue weighted by atomic mass is 15.2. The van der Waals surface area contributed by atoms with Gasteiger partial charge in [-0.15, -0.1) is 0 Å². The van der Waals surface area contributed by atoms with E-state index in [4.69, 9.17) is 0 Å². The second-order valence-corrected chi connectivity index (χ2v) is 5.33. The van der Waals surface area contributed by atoms with Gasteiger partial charge >= 0.3 is 0 Å². The molecular formula is C15H24N2. The lowest BCUT2D eigenvalue weighted by Gasteiger charge is -2.20. The molecule has 0 spiro atoms. The highest BCUT2D eigenvalue weighted by Gasteiger charge is 2.24. The maximum absolute atomic E-state index is 3.47. The van der Waals surface area contributed by atoms with Crippen LogP contribution in [0.1, 0.15) is 26.7 Å². The number of nitrogens with one attached hydrogen (secondary N) is 1. The lowest BCUT2D eigenvalue weighted by molar-refractivity contribution is 0.264. The van der Waals surface area contributed by atoms with Gasteiger partial charge in [0, 0.05) is 31.4 Å². The Morgan fingerprint density at radius 3 is 2.65 bits per heavy atom. The Labute approximate surface area is 105 Å². The fraction of sp³-hybridized carbons (Fsp3) is 0.600. The molecule has 17 heavy (non-hydrogen) atoms. The van der Waals surface area contributed by atoms with Crippen LogP contribution >= 0.6 is 0 Å². The molecule has 1 heterocycles. The first-order valence-corrected chi connectivity index (χ1v) is 6.78. The smallest absolute Gasteiger partial charge is 0.0340 e. The monoisotopic (exact) mass is 232 g/mol. The molecule has 2 nitrogen and oxygen atoms in total. The van der Waals surface area contributed by atoms with Crippen LogP contribution in [-0.4, -0.2) is 30.6 Å². The van der Waals surface area contributed by atoms with Gasteiger partial charge in [0.2, 0.25) is 0 Å². The van der Waals surface area contributed by atoms with E-state index >= 15 is 0 Å². The zero-order chi connectivity index (χ0) is 12.1. The molecule has 0 amide bonds. The highest BCUT2D eigenvalue weighted by Crippen LogP contribution is 2.22. The summed E-state index contributed by atoms with van der Waals surface area (Å²) in [4.78, 5) is 2.62. The van der Waals surface area contributed by atoms with E-state index in [0.717, 1.165) is 18.5 Å². The molecule has 0 bridgehead atoms. The predicted molar refractivity (Wildman–Crippen MR) is 74.4 cm³/mol. The molecule has 1 aromatic rings. The van der Waals surface area contributed by atoms with E-state index in [2.05, 4.69) is 54.4 Å². The number of hydrogen-bond donors (Lipinski definition) is 1. The van der Waals surface area contributed by atoms with Crippen molar-refractivity contribution in [3.63, 3.8) is 0 Å². The Kier molecular flexibility index (Phi) is 4.43. The number of nitrogens with zero attached hydrogens (tertiary/aromatic N) is 1. The Balaban J connectivity index is 1.64. The number of hydrogen-bond acceptors (Lipinski definition) is 2. The van der Waals surface area contributed by atoms with Crippen molar-refractivity contribution in [1.82, 2.24) is 4.90 Å². The van der Waals surface area contributed by atoms with Crippen LogP contribution < -0.4 is 5.32 Å². The average Bonchev–Trinajstić information content (AvgIpc) is 2.65. The maximum atomic E-state index is 3.47. The summed E-state index contributed by atoms with van der Waals surface area (Å²) in [6, 6.07) is 11.2. The zero-order valence-electron chi connectivity index (χ0n) is 11.0. The first kappa shape index (κ1) is 12.4. The summed E-state index contributed by atoms with van der Waals surface area (Å²) in [6.07, 6.45) is 2.60. The van der Waals surface area contributed by atoms with Crippen LogP contribution in [0, 0.1) is 5.92 Å². The van der Waals surface area contributed by atoms with Crippen LogP contribution in [-0.2, 0) is 0 Å². The largest absolute Gasteiger partial charge is 0.385 e. The van der Waals surface area contributed by atoms with Gasteiger partial charge in [-0.05, 0) is 37.8 Å². The third-order valence-corrected chi connectivity index (χ3v) is 3.64. The Bertz CT molecular complexity index is 323. The number of rotatable bonds is 5. The molecule has 2 heteroatoms. The van der Waals surface area contributed by atoms with E-state index < -0.39 is 0 Å². The molecule has 1 aliphatic heterocycles. The minimum absolute atomic E-state index is 0.779. The zero-order valence-corrected chi connectivity index (χ0v) is 11.0. The summed E-state index contributed by atoms with van der Waals surface area (Å²) in [5.41, 5.74) is 1.23. The molecule has 1 aliphatic rings. The van der Waals surface area contributed by atoms with Crippen molar-refractivity contribution in [2.24, 2.45) is 5.92 Å². The molecule has 2 rings (SSSR count). The van der Waals surface area contributed by atoms with E-state index in [0.29, 0.717) is 0 Å². The summed E-state index contributed by atoms with van der Waals surface area (Å²) in [7, 11) is 0. The minimum atomic E-state index is 0.779. The molecule has 1 aromatic carbocycles. The first-order chi connectivity index (χ1) is 8.25.